The molecule has 9 heteroatoms. The summed E-state index contributed by atoms with van der Waals surface area (Å²) in [7, 11) is 1.53. The SMILES string of the molecule is COc1ccc(Cl)c(Cl)c1C(O)C1CCN(C(=O)C2CCN(C(=O)OC(C)(C)C)C2)CC1. The Labute approximate surface area is 199 Å². The van der Waals surface area contributed by atoms with Gasteiger partial charge in [-0.25, -0.2) is 4.79 Å². The van der Waals surface area contributed by atoms with Crippen LogP contribution in [-0.2, 0) is 9.53 Å². The van der Waals surface area contributed by atoms with Crippen LogP contribution in [0.15, 0.2) is 12.1 Å². The highest BCUT2D eigenvalue weighted by molar-refractivity contribution is 6.42. The number of amides is 2. The summed E-state index contributed by atoms with van der Waals surface area (Å²) in [6.45, 7) is 7.48. The lowest BCUT2D eigenvalue weighted by Gasteiger charge is -2.36. The van der Waals surface area contributed by atoms with Crippen molar-refractivity contribution in [1.82, 2.24) is 9.80 Å². The van der Waals surface area contributed by atoms with E-state index >= 15 is 0 Å². The van der Waals surface area contributed by atoms with Gasteiger partial charge in [-0.1, -0.05) is 23.2 Å². The first-order valence-corrected chi connectivity index (χ1v) is 11.7. The van der Waals surface area contributed by atoms with E-state index in [1.807, 2.05) is 25.7 Å². The summed E-state index contributed by atoms with van der Waals surface area (Å²) in [6, 6.07) is 3.34. The van der Waals surface area contributed by atoms with Gasteiger partial charge in [0.25, 0.3) is 0 Å². The number of benzene rings is 1. The Hall–Kier alpha value is -1.70. The molecule has 0 radical (unpaired) electrons. The van der Waals surface area contributed by atoms with Crippen LogP contribution in [0.5, 0.6) is 5.75 Å². The molecule has 2 fully saturated rings. The summed E-state index contributed by atoms with van der Waals surface area (Å²) in [5.41, 5.74) is -0.0635. The summed E-state index contributed by atoms with van der Waals surface area (Å²) >= 11 is 12.5. The maximum atomic E-state index is 13.0. The number of halogens is 2. The highest BCUT2D eigenvalue weighted by atomic mass is 35.5. The van der Waals surface area contributed by atoms with E-state index in [1.165, 1.54) is 7.11 Å². The minimum atomic E-state index is -0.831. The van der Waals surface area contributed by atoms with Crippen molar-refractivity contribution in [2.24, 2.45) is 11.8 Å². The van der Waals surface area contributed by atoms with Crippen LogP contribution in [0, 0.1) is 11.8 Å². The zero-order valence-electron chi connectivity index (χ0n) is 19.1. The summed E-state index contributed by atoms with van der Waals surface area (Å²) in [4.78, 5) is 28.8. The lowest BCUT2D eigenvalue weighted by atomic mass is 9.86. The first-order chi connectivity index (χ1) is 15.0. The number of carbonyl (C=O) groups is 2. The Morgan fingerprint density at radius 3 is 2.31 bits per heavy atom. The molecular formula is C23H32Cl2N2O5. The lowest BCUT2D eigenvalue weighted by Crippen LogP contribution is -2.44. The molecule has 0 spiro atoms. The third-order valence-electron chi connectivity index (χ3n) is 6.10. The van der Waals surface area contributed by atoms with Crippen molar-refractivity contribution in [2.75, 3.05) is 33.3 Å². The van der Waals surface area contributed by atoms with Gasteiger partial charge in [0, 0.05) is 31.7 Å². The van der Waals surface area contributed by atoms with Gasteiger partial charge in [-0.05, 0) is 58.1 Å². The number of aliphatic hydroxyl groups excluding tert-OH is 1. The molecule has 7 nitrogen and oxygen atoms in total. The maximum Gasteiger partial charge on any atom is 0.410 e. The molecule has 0 bridgehead atoms. The smallest absolute Gasteiger partial charge is 0.410 e. The topological polar surface area (TPSA) is 79.3 Å². The molecule has 2 aliphatic heterocycles. The Bertz CT molecular complexity index is 850. The zero-order valence-corrected chi connectivity index (χ0v) is 20.6. The Balaban J connectivity index is 1.57. The minimum absolute atomic E-state index is 0.0577. The van der Waals surface area contributed by atoms with Crippen LogP contribution >= 0.6 is 23.2 Å². The van der Waals surface area contributed by atoms with E-state index in [2.05, 4.69) is 0 Å². The van der Waals surface area contributed by atoms with Crippen molar-refractivity contribution in [3.05, 3.63) is 27.7 Å². The number of nitrogens with zero attached hydrogens (tertiary/aromatic N) is 2. The molecule has 32 heavy (non-hydrogen) atoms. The molecule has 2 heterocycles. The van der Waals surface area contributed by atoms with Crippen LogP contribution in [-0.4, -0.2) is 65.8 Å². The van der Waals surface area contributed by atoms with Gasteiger partial charge in [0.15, 0.2) is 0 Å². The highest BCUT2D eigenvalue weighted by Crippen LogP contribution is 2.42. The third kappa shape index (κ3) is 5.61. The fourth-order valence-electron chi connectivity index (χ4n) is 4.39. The van der Waals surface area contributed by atoms with E-state index < -0.39 is 11.7 Å². The van der Waals surface area contributed by atoms with Crippen molar-refractivity contribution in [3.63, 3.8) is 0 Å². The second-order valence-electron chi connectivity index (χ2n) is 9.50. The van der Waals surface area contributed by atoms with Crippen LogP contribution < -0.4 is 4.74 Å². The van der Waals surface area contributed by atoms with E-state index in [0.717, 1.165) is 0 Å². The van der Waals surface area contributed by atoms with Gasteiger partial charge < -0.3 is 24.4 Å². The molecule has 1 aromatic carbocycles. The third-order valence-corrected chi connectivity index (χ3v) is 6.91. The monoisotopic (exact) mass is 486 g/mol. The van der Waals surface area contributed by atoms with Gasteiger partial charge >= 0.3 is 6.09 Å². The van der Waals surface area contributed by atoms with Crippen LogP contribution in [0.3, 0.4) is 0 Å². The van der Waals surface area contributed by atoms with Crippen LogP contribution in [0.2, 0.25) is 10.0 Å². The standard InChI is InChI=1S/C23H32Cl2N2O5/c1-23(2,3)32-22(30)27-12-9-15(13-27)21(29)26-10-7-14(8-11-26)20(28)18-17(31-4)6-5-16(24)19(18)25/h5-6,14-15,20,28H,7-13H2,1-4H3. The molecule has 3 rings (SSSR count). The lowest BCUT2D eigenvalue weighted by molar-refractivity contribution is -0.137. The number of aliphatic hydroxyl groups is 1. The molecule has 1 N–H and O–H groups in total. The fraction of sp³-hybridized carbons (Fsp3) is 0.652. The predicted octanol–water partition coefficient (Wildman–Crippen LogP) is 4.53. The number of rotatable bonds is 4. The molecule has 2 amide bonds. The van der Waals surface area contributed by atoms with E-state index in [9.17, 15) is 14.7 Å². The van der Waals surface area contributed by atoms with Gasteiger partial charge in [-0.2, -0.15) is 0 Å². The van der Waals surface area contributed by atoms with Gasteiger partial charge in [0.05, 0.1) is 29.2 Å². The molecule has 2 saturated heterocycles. The molecule has 0 aromatic heterocycles. The molecule has 0 aliphatic carbocycles. The normalized spacial score (nSPS) is 20.9. The van der Waals surface area contributed by atoms with Gasteiger partial charge in [-0.15, -0.1) is 0 Å². The van der Waals surface area contributed by atoms with E-state index in [4.69, 9.17) is 32.7 Å². The molecule has 2 aliphatic rings. The van der Waals surface area contributed by atoms with Crippen LogP contribution in [0.4, 0.5) is 4.79 Å². The maximum absolute atomic E-state index is 13.0. The molecule has 2 atom stereocenters. The molecular weight excluding hydrogens is 455 g/mol. The molecule has 1 aromatic rings. The minimum Gasteiger partial charge on any atom is -0.496 e. The Morgan fingerprint density at radius 2 is 1.72 bits per heavy atom. The van der Waals surface area contributed by atoms with E-state index in [0.29, 0.717) is 66.8 Å². The van der Waals surface area contributed by atoms with Gasteiger partial charge in [0.2, 0.25) is 5.91 Å². The number of hydrogen-bond acceptors (Lipinski definition) is 5. The number of carbonyl (C=O) groups excluding carboxylic acids is 2. The van der Waals surface area contributed by atoms with Crippen molar-refractivity contribution in [3.8, 4) is 5.75 Å². The largest absolute Gasteiger partial charge is 0.496 e. The Morgan fingerprint density at radius 1 is 1.09 bits per heavy atom. The van der Waals surface area contributed by atoms with Crippen LogP contribution in [0.25, 0.3) is 0 Å². The summed E-state index contributed by atoms with van der Waals surface area (Å²) in [6.07, 6.45) is 0.711. The van der Waals surface area contributed by atoms with Crippen molar-refractivity contribution in [1.29, 1.82) is 0 Å². The average Bonchev–Trinajstić information content (AvgIpc) is 3.24. The fourth-order valence-corrected chi connectivity index (χ4v) is 4.82. The number of methoxy groups -OCH3 is 1. The highest BCUT2D eigenvalue weighted by Gasteiger charge is 2.38. The summed E-state index contributed by atoms with van der Waals surface area (Å²) in [5, 5.41) is 11.7. The molecule has 0 saturated carbocycles. The number of hydrogen-bond donors (Lipinski definition) is 1. The van der Waals surface area contributed by atoms with Gasteiger partial charge in [0.1, 0.15) is 11.4 Å². The summed E-state index contributed by atoms with van der Waals surface area (Å²) < 4.78 is 10.8. The Kier molecular flexibility index (Phi) is 7.84. The quantitative estimate of drug-likeness (QED) is 0.675. The van der Waals surface area contributed by atoms with Gasteiger partial charge in [-0.3, -0.25) is 4.79 Å². The second-order valence-corrected chi connectivity index (χ2v) is 10.3. The summed E-state index contributed by atoms with van der Waals surface area (Å²) in [5.74, 6) is 0.276. The van der Waals surface area contributed by atoms with E-state index in [1.54, 1.807) is 17.0 Å². The van der Waals surface area contributed by atoms with Crippen LogP contribution in [0.1, 0.15) is 51.7 Å². The predicted molar refractivity (Wildman–Crippen MR) is 123 cm³/mol. The van der Waals surface area contributed by atoms with E-state index in [-0.39, 0.29) is 23.8 Å². The first kappa shape index (κ1) is 24.9. The number of likely N-dealkylation sites (tertiary alicyclic amines) is 2. The number of ether oxygens (including phenoxy) is 2. The molecule has 178 valence electrons. The second kappa shape index (κ2) is 10.1. The molecule has 2 unspecified atom stereocenters. The first-order valence-electron chi connectivity index (χ1n) is 11.0. The van der Waals surface area contributed by atoms with Crippen molar-refractivity contribution >= 4 is 35.2 Å². The average molecular weight is 487 g/mol. The van der Waals surface area contributed by atoms with Crippen molar-refractivity contribution < 1.29 is 24.2 Å². The number of piperidine rings is 1. The van der Waals surface area contributed by atoms with Crippen molar-refractivity contribution in [2.45, 2.75) is 51.7 Å². The zero-order chi connectivity index (χ0) is 23.6.